The number of amides is 2. The van der Waals surface area contributed by atoms with E-state index in [1.165, 1.54) is 0 Å². The zero-order chi connectivity index (χ0) is 18.4. The van der Waals surface area contributed by atoms with Gasteiger partial charge < -0.3 is 16.0 Å². The molecule has 0 saturated heterocycles. The van der Waals surface area contributed by atoms with E-state index in [2.05, 4.69) is 22.6 Å². The first-order valence-corrected chi connectivity index (χ1v) is 9.50. The van der Waals surface area contributed by atoms with Crippen LogP contribution in [0.1, 0.15) is 31.7 Å². The maximum atomic E-state index is 12.6. The lowest BCUT2D eigenvalue weighted by Crippen LogP contribution is -2.43. The Morgan fingerprint density at radius 1 is 1.31 bits per heavy atom. The largest absolute Gasteiger partial charge is 0.350 e. The number of fused-ring (bicyclic) bond motifs is 3. The van der Waals surface area contributed by atoms with Gasteiger partial charge in [0.2, 0.25) is 11.8 Å². The molecule has 1 aromatic rings. The smallest absolute Gasteiger partial charge is 0.225 e. The lowest BCUT2D eigenvalue weighted by atomic mass is 9.89. The molecule has 4 rings (SSSR count). The number of allylic oxidation sites excluding steroid dienone is 1. The minimum Gasteiger partial charge on any atom is -0.350 e. The van der Waals surface area contributed by atoms with Gasteiger partial charge in [-0.1, -0.05) is 26.0 Å². The number of nitrogens with two attached hydrogens (primary N) is 1. The van der Waals surface area contributed by atoms with Crippen molar-refractivity contribution in [2.75, 3.05) is 6.54 Å². The fraction of sp³-hybridized carbons (Fsp3) is 0.632. The lowest BCUT2D eigenvalue weighted by molar-refractivity contribution is -0.136. The Balaban J connectivity index is 1.36. The van der Waals surface area contributed by atoms with Crippen LogP contribution in [0.3, 0.4) is 0 Å². The third kappa shape index (κ3) is 2.94. The quantitative estimate of drug-likeness (QED) is 0.774. The highest BCUT2D eigenvalue weighted by molar-refractivity contribution is 5.81. The fourth-order valence-corrected chi connectivity index (χ4v) is 4.49. The van der Waals surface area contributed by atoms with Crippen molar-refractivity contribution in [3.05, 3.63) is 29.6 Å². The third-order valence-electron chi connectivity index (χ3n) is 5.92. The van der Waals surface area contributed by atoms with Crippen molar-refractivity contribution in [3.8, 4) is 0 Å². The summed E-state index contributed by atoms with van der Waals surface area (Å²) in [5, 5.41) is 7.58. The van der Waals surface area contributed by atoms with E-state index in [0.29, 0.717) is 32.1 Å². The third-order valence-corrected chi connectivity index (χ3v) is 5.92. The van der Waals surface area contributed by atoms with E-state index in [0.717, 1.165) is 17.8 Å². The van der Waals surface area contributed by atoms with Crippen LogP contribution >= 0.6 is 0 Å². The van der Waals surface area contributed by atoms with Gasteiger partial charge in [0.15, 0.2) is 0 Å². The van der Waals surface area contributed by atoms with Crippen LogP contribution in [0.25, 0.3) is 0 Å². The first-order valence-electron chi connectivity index (χ1n) is 9.50. The molecule has 140 valence electrons. The van der Waals surface area contributed by atoms with Crippen molar-refractivity contribution in [3.63, 3.8) is 0 Å². The highest BCUT2D eigenvalue weighted by atomic mass is 16.2. The second-order valence-electron chi connectivity index (χ2n) is 8.03. The van der Waals surface area contributed by atoms with Gasteiger partial charge >= 0.3 is 0 Å². The summed E-state index contributed by atoms with van der Waals surface area (Å²) >= 11 is 0. The minimum absolute atomic E-state index is 0.00299. The molecule has 2 heterocycles. The SMILES string of the molecule is CC(C)C(=O)N1CCn2nc(CNC(=O)C3C4C=CC(C4)C3N)cc2C1. The van der Waals surface area contributed by atoms with E-state index in [1.54, 1.807) is 0 Å². The van der Waals surface area contributed by atoms with Gasteiger partial charge in [0.25, 0.3) is 0 Å². The van der Waals surface area contributed by atoms with E-state index in [-0.39, 0.29) is 35.6 Å². The molecule has 2 amide bonds. The van der Waals surface area contributed by atoms with Crippen LogP contribution in [0, 0.1) is 23.7 Å². The summed E-state index contributed by atoms with van der Waals surface area (Å²) in [6.07, 6.45) is 5.28. The maximum absolute atomic E-state index is 12.6. The van der Waals surface area contributed by atoms with Crippen molar-refractivity contribution >= 4 is 11.8 Å². The average Bonchev–Trinajstić information content (AvgIpc) is 3.31. The molecule has 3 aliphatic rings. The average molecular weight is 357 g/mol. The van der Waals surface area contributed by atoms with E-state index in [4.69, 9.17) is 5.73 Å². The normalized spacial score (nSPS) is 29.3. The summed E-state index contributed by atoms with van der Waals surface area (Å²) in [6, 6.07) is 1.91. The first kappa shape index (κ1) is 17.3. The van der Waals surface area contributed by atoms with Gasteiger partial charge in [0.05, 0.1) is 36.9 Å². The molecule has 0 radical (unpaired) electrons. The summed E-state index contributed by atoms with van der Waals surface area (Å²) in [6.45, 7) is 6.21. The Kier molecular flexibility index (Phi) is 4.34. The molecular formula is C19H27N5O2. The van der Waals surface area contributed by atoms with Crippen LogP contribution in [0.2, 0.25) is 0 Å². The molecule has 0 spiro atoms. The summed E-state index contributed by atoms with van der Waals surface area (Å²) < 4.78 is 1.94. The topological polar surface area (TPSA) is 93.2 Å². The zero-order valence-corrected chi connectivity index (χ0v) is 15.4. The molecule has 4 unspecified atom stereocenters. The van der Waals surface area contributed by atoms with Crippen molar-refractivity contribution in [1.29, 1.82) is 0 Å². The second-order valence-corrected chi connectivity index (χ2v) is 8.03. The molecule has 4 atom stereocenters. The molecule has 26 heavy (non-hydrogen) atoms. The van der Waals surface area contributed by atoms with E-state index in [9.17, 15) is 9.59 Å². The number of nitrogens with one attached hydrogen (secondary N) is 1. The van der Waals surface area contributed by atoms with Crippen molar-refractivity contribution < 1.29 is 9.59 Å². The Hall–Kier alpha value is -2.15. The van der Waals surface area contributed by atoms with Gasteiger partial charge in [-0.05, 0) is 24.3 Å². The molecule has 2 aliphatic carbocycles. The van der Waals surface area contributed by atoms with Crippen LogP contribution in [0.15, 0.2) is 18.2 Å². The summed E-state index contributed by atoms with van der Waals surface area (Å²) in [7, 11) is 0. The van der Waals surface area contributed by atoms with Crippen LogP contribution < -0.4 is 11.1 Å². The molecule has 7 nitrogen and oxygen atoms in total. The predicted octanol–water partition coefficient (Wildman–Crippen LogP) is 0.647. The predicted molar refractivity (Wildman–Crippen MR) is 96.5 cm³/mol. The Bertz CT molecular complexity index is 753. The van der Waals surface area contributed by atoms with Crippen molar-refractivity contribution in [2.45, 2.75) is 45.9 Å². The molecule has 1 aromatic heterocycles. The van der Waals surface area contributed by atoms with Crippen LogP contribution in [-0.2, 0) is 29.2 Å². The number of rotatable bonds is 4. The monoisotopic (exact) mass is 357 g/mol. The van der Waals surface area contributed by atoms with E-state index >= 15 is 0 Å². The molecule has 0 aromatic carbocycles. The molecule has 1 fully saturated rings. The van der Waals surface area contributed by atoms with Gasteiger partial charge in [-0.2, -0.15) is 5.10 Å². The van der Waals surface area contributed by atoms with Crippen LogP contribution in [0.4, 0.5) is 0 Å². The molecule has 7 heteroatoms. The number of carbonyl (C=O) groups is 2. The fourth-order valence-electron chi connectivity index (χ4n) is 4.49. The van der Waals surface area contributed by atoms with Crippen molar-refractivity contribution in [2.24, 2.45) is 29.4 Å². The number of hydrogen-bond donors (Lipinski definition) is 2. The Morgan fingerprint density at radius 3 is 2.77 bits per heavy atom. The van der Waals surface area contributed by atoms with E-state index < -0.39 is 0 Å². The first-order chi connectivity index (χ1) is 12.4. The molecular weight excluding hydrogens is 330 g/mol. The number of carbonyl (C=O) groups excluding carboxylic acids is 2. The van der Waals surface area contributed by atoms with Gasteiger partial charge in [0, 0.05) is 18.5 Å². The molecule has 1 aliphatic heterocycles. The molecule has 2 bridgehead atoms. The lowest BCUT2D eigenvalue weighted by Gasteiger charge is -2.29. The molecule has 3 N–H and O–H groups in total. The Labute approximate surface area is 153 Å². The molecule has 1 saturated carbocycles. The number of nitrogens with zero attached hydrogens (tertiary/aromatic N) is 3. The number of aromatic nitrogens is 2. The summed E-state index contributed by atoms with van der Waals surface area (Å²) in [5.74, 6) is 0.702. The highest BCUT2D eigenvalue weighted by Gasteiger charge is 2.46. The van der Waals surface area contributed by atoms with Gasteiger partial charge in [-0.25, -0.2) is 0 Å². The minimum atomic E-state index is -0.124. The maximum Gasteiger partial charge on any atom is 0.225 e. The second kappa shape index (κ2) is 6.54. The van der Waals surface area contributed by atoms with Crippen molar-refractivity contribution in [1.82, 2.24) is 20.0 Å². The summed E-state index contributed by atoms with van der Waals surface area (Å²) in [5.41, 5.74) is 8.07. The van der Waals surface area contributed by atoms with E-state index in [1.807, 2.05) is 29.5 Å². The summed E-state index contributed by atoms with van der Waals surface area (Å²) in [4.78, 5) is 26.6. The van der Waals surface area contributed by atoms with Gasteiger partial charge in [-0.15, -0.1) is 0 Å². The van der Waals surface area contributed by atoms with Crippen LogP contribution in [0.5, 0.6) is 0 Å². The Morgan fingerprint density at radius 2 is 2.08 bits per heavy atom. The van der Waals surface area contributed by atoms with Gasteiger partial charge in [0.1, 0.15) is 0 Å². The zero-order valence-electron chi connectivity index (χ0n) is 15.4. The standard InChI is InChI=1S/C19H27N5O2/c1-11(2)19(26)23-5-6-24-15(10-23)8-14(22-24)9-21-18(25)16-12-3-4-13(7-12)17(16)20/h3-4,8,11-13,16-17H,5-7,9-10,20H2,1-2H3,(H,21,25). The highest BCUT2D eigenvalue weighted by Crippen LogP contribution is 2.42. The van der Waals surface area contributed by atoms with Crippen LogP contribution in [-0.4, -0.2) is 39.1 Å². The number of hydrogen-bond acceptors (Lipinski definition) is 4. The van der Waals surface area contributed by atoms with Gasteiger partial charge in [-0.3, -0.25) is 14.3 Å².